The number of carbonyl (C=O) groups excluding carboxylic acids is 2. The second-order valence-corrected chi connectivity index (χ2v) is 3.61. The van der Waals surface area contributed by atoms with Crippen LogP contribution in [0.2, 0.25) is 0 Å². The highest BCUT2D eigenvalue weighted by molar-refractivity contribution is 5.98. The maximum atomic E-state index is 10.4. The van der Waals surface area contributed by atoms with Crippen LogP contribution in [0.3, 0.4) is 0 Å². The molecule has 0 spiro atoms. The zero-order chi connectivity index (χ0) is 12.3. The molecule has 4 nitrogen and oxygen atoms in total. The monoisotopic (exact) mass is 232 g/mol. The minimum absolute atomic E-state index is 0.103. The molecule has 0 heterocycles. The number of hydrogen-bond donors (Lipinski definition) is 0. The van der Waals surface area contributed by atoms with Crippen molar-refractivity contribution in [3.63, 3.8) is 0 Å². The van der Waals surface area contributed by atoms with Gasteiger partial charge in [0.05, 0.1) is 6.61 Å². The van der Waals surface area contributed by atoms with Gasteiger partial charge in [-0.2, -0.15) is 0 Å². The standard InChI is InChI=1S/C6H10O3.C4H9O.Al.2H/c1-3-9-6(8)4-5(2)7;1-3-4(2)5;;;/h3-4H2,1-2H3;4H,3H2,1-2H3;;;/q;-1;+1;;. The fourth-order valence-corrected chi connectivity index (χ4v) is 0.915. The van der Waals surface area contributed by atoms with E-state index in [2.05, 4.69) is 18.6 Å². The summed E-state index contributed by atoms with van der Waals surface area (Å²) in [5.41, 5.74) is 0. The van der Waals surface area contributed by atoms with Crippen molar-refractivity contribution in [1.29, 1.82) is 0 Å². The molecule has 0 N–H and O–H groups in total. The molecular weight excluding hydrogens is 211 g/mol. The van der Waals surface area contributed by atoms with E-state index < -0.39 is 5.97 Å². The van der Waals surface area contributed by atoms with Crippen LogP contribution in [0.4, 0.5) is 0 Å². The maximum Gasteiger partial charge on any atom is 0.410 e. The molecule has 0 saturated heterocycles. The average Bonchev–Trinajstić information content (AvgIpc) is 2.16. The van der Waals surface area contributed by atoms with Gasteiger partial charge in [0.1, 0.15) is 12.2 Å². The Bertz CT molecular complexity index is 178. The Morgan fingerprint density at radius 3 is 2.07 bits per heavy atom. The van der Waals surface area contributed by atoms with Crippen LogP contribution in [-0.2, 0) is 18.1 Å². The summed E-state index contributed by atoms with van der Waals surface area (Å²) in [6.07, 6.45) is 1.54. The molecule has 0 saturated carbocycles. The van der Waals surface area contributed by atoms with Gasteiger partial charge in [0.25, 0.3) is 0 Å². The van der Waals surface area contributed by atoms with Crippen LogP contribution in [0.5, 0.6) is 0 Å². The van der Waals surface area contributed by atoms with Crippen molar-refractivity contribution in [3.8, 4) is 0 Å². The summed E-state index contributed by atoms with van der Waals surface area (Å²) in [5, 5.41) is 0. The van der Waals surface area contributed by atoms with Crippen molar-refractivity contribution in [1.82, 2.24) is 0 Å². The summed E-state index contributed by atoms with van der Waals surface area (Å²) in [6.45, 7) is 7.62. The Kier molecular flexibility index (Phi) is 13.3. The highest BCUT2D eigenvalue weighted by Gasteiger charge is 2.03. The van der Waals surface area contributed by atoms with E-state index in [0.717, 1.165) is 23.0 Å². The molecule has 1 atom stereocenters. The van der Waals surface area contributed by atoms with Crippen LogP contribution >= 0.6 is 0 Å². The topological polar surface area (TPSA) is 52.6 Å². The van der Waals surface area contributed by atoms with E-state index in [1.807, 2.05) is 0 Å². The van der Waals surface area contributed by atoms with Gasteiger partial charge in [-0.05, 0) is 27.2 Å². The van der Waals surface area contributed by atoms with Crippen LogP contribution in [0.25, 0.3) is 0 Å². The summed E-state index contributed by atoms with van der Waals surface area (Å²) in [6, 6.07) is 0. The first kappa shape index (κ1) is 17.0. The minimum atomic E-state index is -0.440. The van der Waals surface area contributed by atoms with E-state index in [0.29, 0.717) is 12.7 Å². The number of carbonyl (C=O) groups is 2. The number of ketones is 1. The predicted molar refractivity (Wildman–Crippen MR) is 61.3 cm³/mol. The van der Waals surface area contributed by atoms with E-state index in [1.165, 1.54) is 6.92 Å². The molecule has 15 heavy (non-hydrogen) atoms. The quantitative estimate of drug-likeness (QED) is 0.401. The molecule has 88 valence electrons. The summed E-state index contributed by atoms with van der Waals surface area (Å²) in [4.78, 5) is 20.6. The molecule has 5 heteroatoms. The fourth-order valence-electron chi connectivity index (χ4n) is 0.582. The van der Waals surface area contributed by atoms with Crippen molar-refractivity contribution in [2.45, 2.75) is 46.6 Å². The zero-order valence-corrected chi connectivity index (χ0v) is 12.3. The van der Waals surface area contributed by atoms with Gasteiger partial charge in [0.15, 0.2) is 0 Å². The highest BCUT2D eigenvalue weighted by Crippen LogP contribution is 1.89. The molecule has 0 amide bonds. The van der Waals surface area contributed by atoms with Gasteiger partial charge in [0, 0.05) is 6.10 Å². The average molecular weight is 232 g/mol. The predicted octanol–water partition coefficient (Wildman–Crippen LogP) is 0.878. The summed E-state index contributed by atoms with van der Waals surface area (Å²) in [5.74, 6) is -0.599. The van der Waals surface area contributed by atoms with Crippen molar-refractivity contribution in [3.05, 3.63) is 0 Å². The molecule has 0 aliphatic heterocycles. The number of Topliss-reactive ketones (excluding diaryl/α,β-unsaturated/α-hetero) is 1. The molecule has 0 bridgehead atoms. The molecular formula is C10H21AlO4. The molecule has 1 unspecified atom stereocenters. The van der Waals surface area contributed by atoms with Crippen molar-refractivity contribution in [2.75, 3.05) is 6.61 Å². The van der Waals surface area contributed by atoms with Gasteiger partial charge in [0.2, 0.25) is 0 Å². The second kappa shape index (κ2) is 11.7. The zero-order valence-electron chi connectivity index (χ0n) is 10.3. The lowest BCUT2D eigenvalue weighted by Crippen LogP contribution is -2.07. The second-order valence-electron chi connectivity index (χ2n) is 3.14. The Labute approximate surface area is 100 Å². The number of rotatable bonds is 5. The van der Waals surface area contributed by atoms with E-state index in [-0.39, 0.29) is 12.2 Å². The highest BCUT2D eigenvalue weighted by atomic mass is 27.1. The van der Waals surface area contributed by atoms with Crippen LogP contribution in [0.15, 0.2) is 0 Å². The van der Waals surface area contributed by atoms with Crippen molar-refractivity contribution < 1.29 is 18.1 Å². The van der Waals surface area contributed by atoms with E-state index in [1.54, 1.807) is 6.92 Å². The summed E-state index contributed by atoms with van der Waals surface area (Å²) in [7, 11) is 0. The Morgan fingerprint density at radius 2 is 1.87 bits per heavy atom. The first-order valence-corrected chi connectivity index (χ1v) is 5.97. The molecule has 0 aliphatic carbocycles. The van der Waals surface area contributed by atoms with Crippen molar-refractivity contribution in [2.24, 2.45) is 0 Å². The Hall–Kier alpha value is -0.368. The van der Waals surface area contributed by atoms with Crippen LogP contribution in [0.1, 0.15) is 40.5 Å². The largest absolute Gasteiger partial charge is 0.504 e. The van der Waals surface area contributed by atoms with Gasteiger partial charge >= 0.3 is 22.6 Å². The number of hydrogen-bond acceptors (Lipinski definition) is 4. The molecule has 0 aromatic carbocycles. The molecule has 0 aromatic rings. The fraction of sp³-hybridized carbons (Fsp3) is 0.800. The third-order valence-corrected chi connectivity index (χ3v) is 2.48. The smallest absolute Gasteiger partial charge is 0.410 e. The normalized spacial score (nSPS) is 10.9. The van der Waals surface area contributed by atoms with Crippen LogP contribution in [0, 0.1) is 0 Å². The summed E-state index contributed by atoms with van der Waals surface area (Å²) < 4.78 is 9.53. The molecule has 0 rings (SSSR count). The SMILES string of the molecule is CCC(C)[O][AlH2].CCOC(=O)CC(C)=O. The van der Waals surface area contributed by atoms with E-state index >= 15 is 0 Å². The maximum absolute atomic E-state index is 10.4. The van der Waals surface area contributed by atoms with Crippen LogP contribution in [-0.4, -0.2) is 41.1 Å². The number of esters is 1. The van der Waals surface area contributed by atoms with Gasteiger partial charge in [-0.1, -0.05) is 6.92 Å². The van der Waals surface area contributed by atoms with Gasteiger partial charge in [-0.15, -0.1) is 0 Å². The molecule has 0 radical (unpaired) electrons. The Morgan fingerprint density at radius 1 is 1.33 bits per heavy atom. The minimum Gasteiger partial charge on any atom is -0.504 e. The summed E-state index contributed by atoms with van der Waals surface area (Å²) >= 11 is 0.882. The first-order chi connectivity index (χ1) is 6.97. The van der Waals surface area contributed by atoms with Gasteiger partial charge in [-0.25, -0.2) is 0 Å². The Balaban J connectivity index is 0. The van der Waals surface area contributed by atoms with Gasteiger partial charge < -0.3 is 8.53 Å². The van der Waals surface area contributed by atoms with E-state index in [4.69, 9.17) is 3.79 Å². The van der Waals surface area contributed by atoms with Crippen LogP contribution < -0.4 is 0 Å². The lowest BCUT2D eigenvalue weighted by molar-refractivity contribution is -0.145. The molecule has 0 fully saturated rings. The lowest BCUT2D eigenvalue weighted by atomic mass is 10.3. The third-order valence-electron chi connectivity index (χ3n) is 1.68. The van der Waals surface area contributed by atoms with Gasteiger partial charge in [-0.3, -0.25) is 9.59 Å². The van der Waals surface area contributed by atoms with Crippen molar-refractivity contribution >= 4 is 28.4 Å². The molecule has 0 aromatic heterocycles. The molecule has 0 aliphatic rings. The first-order valence-electron chi connectivity index (χ1n) is 5.15. The lowest BCUT2D eigenvalue weighted by Gasteiger charge is -2.04. The number of ether oxygens (including phenoxy) is 1. The van der Waals surface area contributed by atoms with E-state index in [9.17, 15) is 9.59 Å². The third kappa shape index (κ3) is 16.3.